The van der Waals surface area contributed by atoms with E-state index in [0.717, 1.165) is 19.3 Å². The molecule has 0 aliphatic carbocycles. The first-order valence-corrected chi connectivity index (χ1v) is 10.5. The van der Waals surface area contributed by atoms with Crippen LogP contribution in [0.2, 0.25) is 0 Å². The molecule has 2 heterocycles. The largest absolute Gasteiger partial charge is 0.480 e. The number of esters is 1. The average molecular weight is 387 g/mol. The van der Waals surface area contributed by atoms with Gasteiger partial charge in [-0.25, -0.2) is 4.79 Å². The molecule has 148 valence electrons. The van der Waals surface area contributed by atoms with Gasteiger partial charge in [-0.2, -0.15) is 0 Å². The standard InChI is InChI=1S/C18H30N2O5S/c1-4-25-18(24)13(9-8-11(2)3)19-12-6-5-7-15-20(16(12)21)14(10-26-15)17(22)23/h11-15,19H,4-10H2,1-3H3,(H,22,23)/t12-,13?,14-,15+/m1/s1. The zero-order valence-electron chi connectivity index (χ0n) is 15.8. The molecule has 8 heteroatoms. The molecule has 0 aromatic rings. The van der Waals surface area contributed by atoms with E-state index >= 15 is 0 Å². The van der Waals surface area contributed by atoms with Crippen molar-refractivity contribution in [2.24, 2.45) is 5.92 Å². The van der Waals surface area contributed by atoms with Gasteiger partial charge < -0.3 is 14.7 Å². The first-order chi connectivity index (χ1) is 12.3. The number of nitrogens with zero attached hydrogens (tertiary/aromatic N) is 1. The minimum absolute atomic E-state index is 0.0768. The Morgan fingerprint density at radius 3 is 2.69 bits per heavy atom. The van der Waals surface area contributed by atoms with Crippen molar-refractivity contribution in [3.05, 3.63) is 0 Å². The third-order valence-corrected chi connectivity index (χ3v) is 6.24. The Kier molecular flexibility index (Phi) is 7.76. The molecule has 0 bridgehead atoms. The highest BCUT2D eigenvalue weighted by Gasteiger charge is 2.45. The van der Waals surface area contributed by atoms with E-state index in [0.29, 0.717) is 31.1 Å². The molecule has 7 nitrogen and oxygen atoms in total. The van der Waals surface area contributed by atoms with Crippen molar-refractivity contribution in [2.45, 2.75) is 76.4 Å². The highest BCUT2D eigenvalue weighted by atomic mass is 32.2. The quantitative estimate of drug-likeness (QED) is 0.615. The summed E-state index contributed by atoms with van der Waals surface area (Å²) in [5.41, 5.74) is 0. The van der Waals surface area contributed by atoms with Gasteiger partial charge in [0.1, 0.15) is 12.1 Å². The van der Waals surface area contributed by atoms with Gasteiger partial charge >= 0.3 is 11.9 Å². The highest BCUT2D eigenvalue weighted by Crippen LogP contribution is 2.35. The highest BCUT2D eigenvalue weighted by molar-refractivity contribution is 8.00. The van der Waals surface area contributed by atoms with Crippen LogP contribution in [0.5, 0.6) is 0 Å². The number of hydrogen-bond acceptors (Lipinski definition) is 6. The number of carboxylic acids is 1. The van der Waals surface area contributed by atoms with Gasteiger partial charge in [-0.3, -0.25) is 14.9 Å². The first-order valence-electron chi connectivity index (χ1n) is 9.44. The molecule has 2 rings (SSSR count). The minimum Gasteiger partial charge on any atom is -0.480 e. The van der Waals surface area contributed by atoms with Gasteiger partial charge in [0.25, 0.3) is 0 Å². The summed E-state index contributed by atoms with van der Waals surface area (Å²) < 4.78 is 5.17. The minimum atomic E-state index is -0.962. The van der Waals surface area contributed by atoms with Gasteiger partial charge in [-0.15, -0.1) is 11.8 Å². The predicted octanol–water partition coefficient (Wildman–Crippen LogP) is 1.85. The fourth-order valence-electron chi connectivity index (χ4n) is 3.48. The van der Waals surface area contributed by atoms with Crippen LogP contribution in [-0.4, -0.2) is 63.7 Å². The van der Waals surface area contributed by atoms with E-state index in [4.69, 9.17) is 4.74 Å². The average Bonchev–Trinajstić information content (AvgIpc) is 2.94. The molecule has 1 unspecified atom stereocenters. The summed E-state index contributed by atoms with van der Waals surface area (Å²) in [6.07, 6.45) is 3.66. The molecular weight excluding hydrogens is 356 g/mol. The lowest BCUT2D eigenvalue weighted by Gasteiger charge is -2.30. The number of carboxylic acid groups (broad SMARTS) is 1. The van der Waals surface area contributed by atoms with Crippen molar-refractivity contribution in [3.63, 3.8) is 0 Å². The van der Waals surface area contributed by atoms with Gasteiger partial charge in [-0.05, 0) is 44.9 Å². The fraction of sp³-hybridized carbons (Fsp3) is 0.833. The second-order valence-electron chi connectivity index (χ2n) is 7.31. The SMILES string of the molecule is CCOC(=O)C(CCC(C)C)N[C@@H]1CCC[C@@H]2SC[C@H](C(=O)O)N2C1=O. The summed E-state index contributed by atoms with van der Waals surface area (Å²) >= 11 is 1.53. The summed E-state index contributed by atoms with van der Waals surface area (Å²) in [5, 5.41) is 12.5. The van der Waals surface area contributed by atoms with Gasteiger partial charge in [0, 0.05) is 5.75 Å². The molecule has 0 aromatic carbocycles. The number of carbonyl (C=O) groups is 3. The maximum atomic E-state index is 13.0. The second kappa shape index (κ2) is 9.60. The molecule has 1 amide bonds. The molecule has 0 aromatic heterocycles. The Morgan fingerprint density at radius 2 is 2.08 bits per heavy atom. The monoisotopic (exact) mass is 386 g/mol. The van der Waals surface area contributed by atoms with Gasteiger partial charge in [0.15, 0.2) is 0 Å². The second-order valence-corrected chi connectivity index (χ2v) is 8.52. The van der Waals surface area contributed by atoms with Crippen LogP contribution < -0.4 is 5.32 Å². The van der Waals surface area contributed by atoms with Crippen LogP contribution in [0, 0.1) is 5.92 Å². The topological polar surface area (TPSA) is 95.9 Å². The van der Waals surface area contributed by atoms with E-state index in [-0.39, 0.29) is 17.3 Å². The lowest BCUT2D eigenvalue weighted by atomic mass is 10.0. The Hall–Kier alpha value is -1.28. The third kappa shape index (κ3) is 5.13. The van der Waals surface area contributed by atoms with Crippen LogP contribution >= 0.6 is 11.8 Å². The third-order valence-electron chi connectivity index (χ3n) is 4.88. The predicted molar refractivity (Wildman–Crippen MR) is 99.8 cm³/mol. The molecule has 0 saturated carbocycles. The molecule has 2 aliphatic rings. The maximum absolute atomic E-state index is 13.0. The Balaban J connectivity index is 2.12. The summed E-state index contributed by atoms with van der Waals surface area (Å²) in [6, 6.07) is -1.86. The molecule has 2 fully saturated rings. The van der Waals surface area contributed by atoms with Crippen LogP contribution in [0.4, 0.5) is 0 Å². The van der Waals surface area contributed by atoms with Gasteiger partial charge in [0.05, 0.1) is 18.0 Å². The molecule has 2 saturated heterocycles. The van der Waals surface area contributed by atoms with Crippen LogP contribution in [0.25, 0.3) is 0 Å². The number of rotatable bonds is 8. The normalized spacial score (nSPS) is 27.2. The number of thioether (sulfide) groups is 1. The number of amides is 1. The van der Waals surface area contributed by atoms with E-state index < -0.39 is 24.1 Å². The number of hydrogen-bond donors (Lipinski definition) is 2. The van der Waals surface area contributed by atoms with Crippen molar-refractivity contribution >= 4 is 29.6 Å². The fourth-order valence-corrected chi connectivity index (χ4v) is 4.93. The van der Waals surface area contributed by atoms with E-state index in [1.807, 2.05) is 0 Å². The van der Waals surface area contributed by atoms with E-state index in [1.165, 1.54) is 16.7 Å². The lowest BCUT2D eigenvalue weighted by Crippen LogP contribution is -2.55. The van der Waals surface area contributed by atoms with E-state index in [9.17, 15) is 19.5 Å². The van der Waals surface area contributed by atoms with Crippen LogP contribution in [0.1, 0.15) is 52.9 Å². The van der Waals surface area contributed by atoms with Crippen LogP contribution in [-0.2, 0) is 19.1 Å². The number of ether oxygens (including phenoxy) is 1. The zero-order chi connectivity index (χ0) is 19.3. The van der Waals surface area contributed by atoms with Crippen molar-refractivity contribution in [3.8, 4) is 0 Å². The number of carbonyl (C=O) groups excluding carboxylic acids is 2. The number of nitrogens with one attached hydrogen (secondary N) is 1. The van der Waals surface area contributed by atoms with Crippen LogP contribution in [0.3, 0.4) is 0 Å². The van der Waals surface area contributed by atoms with Gasteiger partial charge in [-0.1, -0.05) is 13.8 Å². The van der Waals surface area contributed by atoms with Crippen molar-refractivity contribution in [2.75, 3.05) is 12.4 Å². The molecule has 2 aliphatic heterocycles. The molecule has 26 heavy (non-hydrogen) atoms. The molecule has 0 spiro atoms. The summed E-state index contributed by atoms with van der Waals surface area (Å²) in [7, 11) is 0. The smallest absolute Gasteiger partial charge is 0.327 e. The molecule has 0 radical (unpaired) electrons. The Labute approximate surface area is 159 Å². The molecular formula is C18H30N2O5S. The van der Waals surface area contributed by atoms with Crippen LogP contribution in [0.15, 0.2) is 0 Å². The summed E-state index contributed by atoms with van der Waals surface area (Å²) in [6.45, 7) is 6.23. The van der Waals surface area contributed by atoms with E-state index in [1.54, 1.807) is 6.92 Å². The van der Waals surface area contributed by atoms with Crippen molar-refractivity contribution in [1.82, 2.24) is 10.2 Å². The van der Waals surface area contributed by atoms with Crippen molar-refractivity contribution in [1.29, 1.82) is 0 Å². The first kappa shape index (κ1) is 21.0. The zero-order valence-corrected chi connectivity index (χ0v) is 16.6. The maximum Gasteiger partial charge on any atom is 0.327 e. The van der Waals surface area contributed by atoms with Gasteiger partial charge in [0.2, 0.25) is 5.91 Å². The van der Waals surface area contributed by atoms with E-state index in [2.05, 4.69) is 19.2 Å². The summed E-state index contributed by atoms with van der Waals surface area (Å²) in [5.74, 6) is -0.645. The molecule has 4 atom stereocenters. The Bertz CT molecular complexity index is 528. The van der Waals surface area contributed by atoms with Crippen molar-refractivity contribution < 1.29 is 24.2 Å². The lowest BCUT2D eigenvalue weighted by molar-refractivity contribution is -0.151. The number of aliphatic carboxylic acids is 1. The Morgan fingerprint density at radius 1 is 1.35 bits per heavy atom. The summed E-state index contributed by atoms with van der Waals surface area (Å²) in [4.78, 5) is 38.4. The molecule has 2 N–H and O–H groups in total. The number of fused-ring (bicyclic) bond motifs is 1.